The van der Waals surface area contributed by atoms with Crippen molar-refractivity contribution in [3.8, 4) is 5.75 Å². The number of nitrogens with one attached hydrogen (secondary N) is 1. The van der Waals surface area contributed by atoms with E-state index in [1.54, 1.807) is 0 Å². The minimum absolute atomic E-state index is 0. The van der Waals surface area contributed by atoms with Crippen LogP contribution in [0.5, 0.6) is 5.75 Å². The summed E-state index contributed by atoms with van der Waals surface area (Å²) in [7, 11) is 0. The largest absolute Gasteiger partial charge is 0.494 e. The van der Waals surface area contributed by atoms with Crippen molar-refractivity contribution in [2.75, 3.05) is 13.2 Å². The van der Waals surface area contributed by atoms with Gasteiger partial charge < -0.3 is 16.2 Å². The van der Waals surface area contributed by atoms with E-state index in [1.807, 2.05) is 6.92 Å². The highest BCUT2D eigenvalue weighted by atomic mass is 16.5. The van der Waals surface area contributed by atoms with E-state index < -0.39 is 0 Å². The maximum atomic E-state index is 5.58. The summed E-state index contributed by atoms with van der Waals surface area (Å²) in [6.45, 7) is 4.83. The fourth-order valence-electron chi connectivity index (χ4n) is 1.79. The summed E-state index contributed by atoms with van der Waals surface area (Å²) in [5.41, 5.74) is 2.78. The average molecular weight is 194 g/mol. The van der Waals surface area contributed by atoms with Crippen molar-refractivity contribution in [1.29, 1.82) is 0 Å². The molecule has 3 heteroatoms. The Balaban J connectivity index is 0.000000980. The first kappa shape index (κ1) is 11.0. The van der Waals surface area contributed by atoms with Gasteiger partial charge in [-0.05, 0) is 37.1 Å². The number of rotatable bonds is 2. The van der Waals surface area contributed by atoms with Gasteiger partial charge in [0.25, 0.3) is 0 Å². The molecule has 0 radical (unpaired) electrons. The third kappa shape index (κ3) is 2.05. The van der Waals surface area contributed by atoms with Crippen LogP contribution in [0.15, 0.2) is 18.2 Å². The second-order valence-electron chi connectivity index (χ2n) is 3.25. The molecule has 0 aliphatic carbocycles. The van der Waals surface area contributed by atoms with Crippen LogP contribution < -0.4 is 16.2 Å². The Kier molecular flexibility index (Phi) is 3.92. The molecule has 1 aromatic carbocycles. The molecule has 0 amide bonds. The third-order valence-electron chi connectivity index (χ3n) is 2.40. The summed E-state index contributed by atoms with van der Waals surface area (Å²) < 4.78 is 5.58. The lowest BCUT2D eigenvalue weighted by Crippen LogP contribution is -2.24. The standard InChI is InChI=1S/C11H15NO.H3N/c1-2-13-11-5-3-4-9-8-12-7-6-10(9)11;/h3-5,12H,2,6-8H2,1H3;1H3. The molecule has 0 saturated heterocycles. The highest BCUT2D eigenvalue weighted by molar-refractivity contribution is 5.41. The number of fused-ring (bicyclic) bond motifs is 1. The number of hydrogen-bond acceptors (Lipinski definition) is 3. The second kappa shape index (κ2) is 4.98. The van der Waals surface area contributed by atoms with E-state index in [0.717, 1.165) is 31.9 Å². The first-order chi connectivity index (χ1) is 6.42. The van der Waals surface area contributed by atoms with Crippen molar-refractivity contribution < 1.29 is 4.74 Å². The minimum Gasteiger partial charge on any atom is -0.494 e. The van der Waals surface area contributed by atoms with E-state index >= 15 is 0 Å². The van der Waals surface area contributed by atoms with Crippen molar-refractivity contribution in [2.45, 2.75) is 19.9 Å². The highest BCUT2D eigenvalue weighted by Gasteiger charge is 2.12. The molecule has 0 fully saturated rings. The van der Waals surface area contributed by atoms with Crippen LogP contribution in [0.3, 0.4) is 0 Å². The smallest absolute Gasteiger partial charge is 0.122 e. The van der Waals surface area contributed by atoms with E-state index in [1.165, 1.54) is 11.1 Å². The monoisotopic (exact) mass is 194 g/mol. The van der Waals surface area contributed by atoms with Gasteiger partial charge >= 0.3 is 0 Å². The summed E-state index contributed by atoms with van der Waals surface area (Å²) in [6.07, 6.45) is 1.09. The van der Waals surface area contributed by atoms with Crippen LogP contribution in [-0.2, 0) is 13.0 Å². The molecule has 1 aliphatic rings. The molecule has 0 spiro atoms. The lowest BCUT2D eigenvalue weighted by Gasteiger charge is -2.19. The molecule has 0 unspecified atom stereocenters. The Morgan fingerprint density at radius 3 is 3.07 bits per heavy atom. The van der Waals surface area contributed by atoms with E-state index in [-0.39, 0.29) is 6.15 Å². The SMILES string of the molecule is CCOc1cccc2c1CCNC2.N. The lowest BCUT2D eigenvalue weighted by molar-refractivity contribution is 0.334. The van der Waals surface area contributed by atoms with Crippen LogP contribution in [0, 0.1) is 0 Å². The maximum Gasteiger partial charge on any atom is 0.122 e. The van der Waals surface area contributed by atoms with Gasteiger partial charge in [-0.2, -0.15) is 0 Å². The van der Waals surface area contributed by atoms with E-state index in [0.29, 0.717) is 0 Å². The second-order valence-corrected chi connectivity index (χ2v) is 3.25. The summed E-state index contributed by atoms with van der Waals surface area (Å²) in [4.78, 5) is 0. The van der Waals surface area contributed by atoms with Gasteiger partial charge in [-0.15, -0.1) is 0 Å². The van der Waals surface area contributed by atoms with Gasteiger partial charge in [0.1, 0.15) is 5.75 Å². The first-order valence-electron chi connectivity index (χ1n) is 4.86. The molecule has 1 aromatic rings. The predicted molar refractivity (Wildman–Crippen MR) is 58.0 cm³/mol. The quantitative estimate of drug-likeness (QED) is 0.756. The molecule has 1 aliphatic heterocycles. The van der Waals surface area contributed by atoms with Crippen LogP contribution in [0.2, 0.25) is 0 Å². The van der Waals surface area contributed by atoms with E-state index in [9.17, 15) is 0 Å². The molecular weight excluding hydrogens is 176 g/mol. The van der Waals surface area contributed by atoms with Crippen molar-refractivity contribution in [3.63, 3.8) is 0 Å². The Morgan fingerprint density at radius 1 is 1.43 bits per heavy atom. The van der Waals surface area contributed by atoms with Crippen molar-refractivity contribution >= 4 is 0 Å². The van der Waals surface area contributed by atoms with Crippen molar-refractivity contribution in [2.24, 2.45) is 0 Å². The zero-order chi connectivity index (χ0) is 9.10. The summed E-state index contributed by atoms with van der Waals surface area (Å²) in [6, 6.07) is 6.30. The molecule has 3 nitrogen and oxygen atoms in total. The average Bonchev–Trinajstić information content (AvgIpc) is 2.19. The van der Waals surface area contributed by atoms with Gasteiger partial charge in [-0.1, -0.05) is 12.1 Å². The Bertz CT molecular complexity index is 299. The Labute approximate surface area is 85.0 Å². The predicted octanol–water partition coefficient (Wildman–Crippen LogP) is 1.89. The Hall–Kier alpha value is -1.06. The first-order valence-corrected chi connectivity index (χ1v) is 4.86. The van der Waals surface area contributed by atoms with Gasteiger partial charge in [0, 0.05) is 6.54 Å². The van der Waals surface area contributed by atoms with Crippen LogP contribution >= 0.6 is 0 Å². The van der Waals surface area contributed by atoms with Gasteiger partial charge in [-0.25, -0.2) is 0 Å². The van der Waals surface area contributed by atoms with Crippen LogP contribution in [-0.4, -0.2) is 13.2 Å². The number of hydrogen-bond donors (Lipinski definition) is 2. The topological polar surface area (TPSA) is 56.3 Å². The molecule has 0 saturated carbocycles. The third-order valence-corrected chi connectivity index (χ3v) is 2.40. The molecular formula is C11H18N2O. The van der Waals surface area contributed by atoms with Crippen LogP contribution in [0.4, 0.5) is 0 Å². The van der Waals surface area contributed by atoms with Crippen molar-refractivity contribution in [3.05, 3.63) is 29.3 Å². The fourth-order valence-corrected chi connectivity index (χ4v) is 1.79. The molecule has 4 N–H and O–H groups in total. The molecule has 0 atom stereocenters. The van der Waals surface area contributed by atoms with E-state index in [2.05, 4.69) is 23.5 Å². The fraction of sp³-hybridized carbons (Fsp3) is 0.455. The van der Waals surface area contributed by atoms with Crippen LogP contribution in [0.1, 0.15) is 18.1 Å². The van der Waals surface area contributed by atoms with Gasteiger partial charge in [0.05, 0.1) is 6.61 Å². The lowest BCUT2D eigenvalue weighted by atomic mass is 10.0. The highest BCUT2D eigenvalue weighted by Crippen LogP contribution is 2.24. The zero-order valence-corrected chi connectivity index (χ0v) is 8.68. The molecule has 14 heavy (non-hydrogen) atoms. The normalized spacial score (nSPS) is 14.1. The van der Waals surface area contributed by atoms with Gasteiger partial charge in [0.15, 0.2) is 0 Å². The molecule has 1 heterocycles. The van der Waals surface area contributed by atoms with Gasteiger partial charge in [-0.3, -0.25) is 0 Å². The molecule has 78 valence electrons. The zero-order valence-electron chi connectivity index (χ0n) is 8.68. The maximum absolute atomic E-state index is 5.58. The van der Waals surface area contributed by atoms with Crippen LogP contribution in [0.25, 0.3) is 0 Å². The molecule has 0 aromatic heterocycles. The van der Waals surface area contributed by atoms with Crippen molar-refractivity contribution in [1.82, 2.24) is 11.5 Å². The Morgan fingerprint density at radius 2 is 2.29 bits per heavy atom. The summed E-state index contributed by atoms with van der Waals surface area (Å²) >= 11 is 0. The van der Waals surface area contributed by atoms with Gasteiger partial charge in [0.2, 0.25) is 0 Å². The summed E-state index contributed by atoms with van der Waals surface area (Å²) in [5.74, 6) is 1.07. The molecule has 2 rings (SSSR count). The molecule has 0 bridgehead atoms. The summed E-state index contributed by atoms with van der Waals surface area (Å²) in [5, 5.41) is 3.35. The minimum atomic E-state index is 0. The van der Waals surface area contributed by atoms with E-state index in [4.69, 9.17) is 4.74 Å². The number of benzene rings is 1. The number of ether oxygens (including phenoxy) is 1.